The maximum Gasteiger partial charge on any atom is 0.296 e. The Morgan fingerprint density at radius 2 is 1.44 bits per heavy atom. The van der Waals surface area contributed by atoms with Crippen LogP contribution in [0.4, 0.5) is 34.9 Å². The molecule has 32 heavy (non-hydrogen) atoms. The second-order valence-corrected chi connectivity index (χ2v) is 8.84. The molecule has 0 fully saturated rings. The summed E-state index contributed by atoms with van der Waals surface area (Å²) in [7, 11) is -8.94. The maximum atomic E-state index is 11.3. The largest absolute Gasteiger partial charge is 0.398 e. The number of benzene rings is 2. The smallest absolute Gasteiger partial charge is 0.296 e. The molecule has 0 amide bonds. The first-order valence-corrected chi connectivity index (χ1v) is 11.2. The number of rotatable bonds is 7. The molecule has 0 saturated carbocycles. The lowest BCUT2D eigenvalue weighted by molar-refractivity contribution is 0.481. The summed E-state index contributed by atoms with van der Waals surface area (Å²) >= 11 is 0. The number of nitrogens with two attached hydrogens (primary N) is 1. The summed E-state index contributed by atoms with van der Waals surface area (Å²) in [5.41, 5.74) is 5.88. The number of nitrogen functional groups attached to an aromatic ring is 1. The molecule has 1 aromatic heterocycles. The van der Waals surface area contributed by atoms with Crippen molar-refractivity contribution in [2.45, 2.75) is 9.79 Å². The normalized spacial score (nSPS) is 11.4. The van der Waals surface area contributed by atoms with Crippen molar-refractivity contribution in [3.05, 3.63) is 42.5 Å². The number of anilines is 6. The van der Waals surface area contributed by atoms with Gasteiger partial charge in [-0.3, -0.25) is 14.4 Å². The van der Waals surface area contributed by atoms with Crippen LogP contribution in [0.15, 0.2) is 52.3 Å². The third-order valence-electron chi connectivity index (χ3n) is 3.73. The van der Waals surface area contributed by atoms with E-state index in [1.54, 1.807) is 6.19 Å². The number of hydrogen-bond acceptors (Lipinski definition) is 12. The van der Waals surface area contributed by atoms with Crippen molar-refractivity contribution < 1.29 is 25.9 Å². The molecule has 0 aliphatic rings. The van der Waals surface area contributed by atoms with Gasteiger partial charge in [0.15, 0.2) is 6.19 Å². The van der Waals surface area contributed by atoms with E-state index in [-0.39, 0.29) is 39.8 Å². The summed E-state index contributed by atoms with van der Waals surface area (Å²) in [6.45, 7) is 0. The monoisotopic (exact) mass is 478 g/mol. The van der Waals surface area contributed by atoms with Gasteiger partial charge in [0, 0.05) is 11.4 Å². The van der Waals surface area contributed by atoms with Crippen LogP contribution in [0.3, 0.4) is 0 Å². The molecule has 0 aliphatic heterocycles. The Hall–Kier alpha value is -4.04. The van der Waals surface area contributed by atoms with Crippen LogP contribution in [0, 0.1) is 11.5 Å². The van der Waals surface area contributed by atoms with Gasteiger partial charge in [-0.2, -0.15) is 37.0 Å². The lowest BCUT2D eigenvalue weighted by Gasteiger charge is -2.11. The second-order valence-electron chi connectivity index (χ2n) is 6.02. The summed E-state index contributed by atoms with van der Waals surface area (Å²) in [6, 6.07) is 8.76. The quantitative estimate of drug-likeness (QED) is 0.122. The molecule has 0 bridgehead atoms. The van der Waals surface area contributed by atoms with E-state index < -0.39 is 25.1 Å². The van der Waals surface area contributed by atoms with Crippen LogP contribution in [0.1, 0.15) is 0 Å². The van der Waals surface area contributed by atoms with Gasteiger partial charge in [-0.05, 0) is 36.4 Å². The molecule has 7 N–H and O–H groups in total. The molecule has 0 atom stereocenters. The fraction of sp³-hybridized carbons (Fsp3) is 0. The predicted molar refractivity (Wildman–Crippen MR) is 113 cm³/mol. The molecule has 3 rings (SSSR count). The van der Waals surface area contributed by atoms with E-state index in [1.165, 1.54) is 30.3 Å². The average Bonchev–Trinajstić information content (AvgIpc) is 2.66. The SMILES string of the molecule is N#CNc1nc(Nc2cccc(S(=O)(=O)O)c2)nc(Nc2ccc(S(=O)(=O)O)c(N)c2)n1. The molecule has 166 valence electrons. The number of hydrogen-bond donors (Lipinski definition) is 6. The molecular weight excluding hydrogens is 464 g/mol. The van der Waals surface area contributed by atoms with Gasteiger partial charge < -0.3 is 16.4 Å². The van der Waals surface area contributed by atoms with Crippen molar-refractivity contribution >= 4 is 55.1 Å². The number of nitrogens with one attached hydrogen (secondary N) is 3. The van der Waals surface area contributed by atoms with Gasteiger partial charge in [0.1, 0.15) is 4.90 Å². The van der Waals surface area contributed by atoms with Crippen molar-refractivity contribution in [1.29, 1.82) is 5.26 Å². The van der Waals surface area contributed by atoms with Crippen LogP contribution >= 0.6 is 0 Å². The number of nitriles is 1. The van der Waals surface area contributed by atoms with Crippen molar-refractivity contribution in [3.63, 3.8) is 0 Å². The Kier molecular flexibility index (Phi) is 6.09. The molecule has 1 heterocycles. The standard InChI is InChI=1S/C16H14N8O6S2/c17-8-19-14-22-15(20-9-2-1-3-11(6-9)31(25,26)27)24-16(23-14)21-10-4-5-13(12(18)7-10)32(28,29)30/h1-7H,18H2,(H,25,26,27)(H,28,29,30)(H3,19,20,21,22,23,24). The topological polar surface area (TPSA) is 233 Å². The Labute approximate surface area is 181 Å². The number of nitrogens with zero attached hydrogens (tertiary/aromatic N) is 4. The summed E-state index contributed by atoms with van der Waals surface area (Å²) < 4.78 is 63.5. The van der Waals surface area contributed by atoms with Crippen LogP contribution in [0.25, 0.3) is 0 Å². The Morgan fingerprint density at radius 1 is 0.844 bits per heavy atom. The van der Waals surface area contributed by atoms with Gasteiger partial charge >= 0.3 is 0 Å². The maximum absolute atomic E-state index is 11.3. The van der Waals surface area contributed by atoms with Crippen LogP contribution in [-0.4, -0.2) is 40.9 Å². The average molecular weight is 478 g/mol. The van der Waals surface area contributed by atoms with E-state index in [9.17, 15) is 21.4 Å². The third kappa shape index (κ3) is 5.55. The van der Waals surface area contributed by atoms with Gasteiger partial charge in [-0.1, -0.05) is 6.07 Å². The lowest BCUT2D eigenvalue weighted by atomic mass is 10.3. The Balaban J connectivity index is 1.94. The van der Waals surface area contributed by atoms with Crippen LogP contribution < -0.4 is 21.7 Å². The highest BCUT2D eigenvalue weighted by Gasteiger charge is 2.15. The van der Waals surface area contributed by atoms with E-state index in [0.29, 0.717) is 0 Å². The highest BCUT2D eigenvalue weighted by atomic mass is 32.2. The molecule has 0 aliphatic carbocycles. The van der Waals surface area contributed by atoms with Gasteiger partial charge in [-0.25, -0.2) is 0 Å². The van der Waals surface area contributed by atoms with Crippen molar-refractivity contribution in [2.75, 3.05) is 21.7 Å². The minimum Gasteiger partial charge on any atom is -0.398 e. The van der Waals surface area contributed by atoms with Gasteiger partial charge in [0.05, 0.1) is 10.6 Å². The zero-order valence-electron chi connectivity index (χ0n) is 15.8. The minimum atomic E-state index is -4.50. The van der Waals surface area contributed by atoms with E-state index in [2.05, 4.69) is 30.9 Å². The first kappa shape index (κ1) is 22.6. The van der Waals surface area contributed by atoms with E-state index in [4.69, 9.17) is 15.5 Å². The third-order valence-corrected chi connectivity index (χ3v) is 5.51. The predicted octanol–water partition coefficient (Wildman–Crippen LogP) is 1.33. The van der Waals surface area contributed by atoms with Gasteiger partial charge in [0.25, 0.3) is 20.2 Å². The van der Waals surface area contributed by atoms with E-state index >= 15 is 0 Å². The molecular formula is C16H14N8O6S2. The molecule has 0 saturated heterocycles. The van der Waals surface area contributed by atoms with Crippen LogP contribution in [0.2, 0.25) is 0 Å². The highest BCUT2D eigenvalue weighted by molar-refractivity contribution is 7.86. The molecule has 16 heteroatoms. The van der Waals surface area contributed by atoms with Crippen LogP contribution in [0.5, 0.6) is 0 Å². The minimum absolute atomic E-state index is 0.0924. The summed E-state index contributed by atoms with van der Waals surface area (Å²) in [5, 5.41) is 16.5. The van der Waals surface area contributed by atoms with E-state index in [0.717, 1.165) is 12.1 Å². The fourth-order valence-corrected chi connectivity index (χ4v) is 3.57. The molecule has 2 aromatic carbocycles. The molecule has 0 unspecified atom stereocenters. The Bertz CT molecular complexity index is 1440. The zero-order chi connectivity index (χ0) is 23.5. The van der Waals surface area contributed by atoms with Crippen molar-refractivity contribution in [2.24, 2.45) is 0 Å². The molecule has 3 aromatic rings. The van der Waals surface area contributed by atoms with Gasteiger partial charge in [0.2, 0.25) is 17.8 Å². The summed E-state index contributed by atoms with van der Waals surface area (Å²) in [5.74, 6) is -0.360. The molecule has 0 spiro atoms. The number of aromatic nitrogens is 3. The van der Waals surface area contributed by atoms with Crippen molar-refractivity contribution in [3.8, 4) is 6.19 Å². The highest BCUT2D eigenvalue weighted by Crippen LogP contribution is 2.25. The molecule has 0 radical (unpaired) electrons. The fourth-order valence-electron chi connectivity index (χ4n) is 2.45. The summed E-state index contributed by atoms with van der Waals surface area (Å²) in [6.07, 6.45) is 1.64. The zero-order valence-corrected chi connectivity index (χ0v) is 17.4. The molecule has 14 nitrogen and oxygen atoms in total. The van der Waals surface area contributed by atoms with Crippen LogP contribution in [-0.2, 0) is 20.2 Å². The van der Waals surface area contributed by atoms with Crippen molar-refractivity contribution in [1.82, 2.24) is 15.0 Å². The first-order chi connectivity index (χ1) is 15.0. The summed E-state index contributed by atoms with van der Waals surface area (Å²) in [4.78, 5) is 11.2. The lowest BCUT2D eigenvalue weighted by Crippen LogP contribution is -2.08. The second kappa shape index (κ2) is 8.60. The van der Waals surface area contributed by atoms with E-state index in [1.807, 2.05) is 0 Å². The Morgan fingerprint density at radius 3 is 1.97 bits per heavy atom. The first-order valence-electron chi connectivity index (χ1n) is 8.35. The van der Waals surface area contributed by atoms with Gasteiger partial charge in [-0.15, -0.1) is 0 Å².